The Bertz CT molecular complexity index is 1170. The molecule has 0 aliphatic rings. The SMILES string of the molecule is CCCCCC/C(=N/OC(C)=O)C(=O)c1ccc(Sc2ccc(C(=O)c3ccccc3)cc2)cc1. The maximum absolute atomic E-state index is 12.9. The average molecular weight is 488 g/mol. The lowest BCUT2D eigenvalue weighted by molar-refractivity contribution is -0.140. The van der Waals surface area contributed by atoms with Gasteiger partial charge in [0.1, 0.15) is 5.71 Å². The van der Waals surface area contributed by atoms with E-state index >= 15 is 0 Å². The normalized spacial score (nSPS) is 11.2. The summed E-state index contributed by atoms with van der Waals surface area (Å²) >= 11 is 1.54. The van der Waals surface area contributed by atoms with Gasteiger partial charge in [0.25, 0.3) is 0 Å². The largest absolute Gasteiger partial charge is 0.331 e. The highest BCUT2D eigenvalue weighted by Gasteiger charge is 2.16. The Balaban J connectivity index is 1.65. The molecule has 0 aliphatic heterocycles. The Morgan fingerprint density at radius 2 is 1.31 bits per heavy atom. The number of hydrogen-bond donors (Lipinski definition) is 0. The lowest BCUT2D eigenvalue weighted by Crippen LogP contribution is -2.16. The number of hydrogen-bond acceptors (Lipinski definition) is 6. The molecule has 0 aromatic heterocycles. The average Bonchev–Trinajstić information content (AvgIpc) is 2.89. The highest BCUT2D eigenvalue weighted by molar-refractivity contribution is 7.99. The lowest BCUT2D eigenvalue weighted by atomic mass is 10.0. The van der Waals surface area contributed by atoms with E-state index in [9.17, 15) is 14.4 Å². The second-order valence-electron chi connectivity index (χ2n) is 8.11. The van der Waals surface area contributed by atoms with E-state index in [-0.39, 0.29) is 17.3 Å². The Labute approximate surface area is 210 Å². The van der Waals surface area contributed by atoms with Crippen molar-refractivity contribution in [2.75, 3.05) is 0 Å². The van der Waals surface area contributed by atoms with Gasteiger partial charge in [0.2, 0.25) is 5.78 Å². The Hall–Kier alpha value is -3.51. The monoisotopic (exact) mass is 487 g/mol. The summed E-state index contributed by atoms with van der Waals surface area (Å²) < 4.78 is 0. The zero-order chi connectivity index (χ0) is 25.0. The molecule has 0 saturated carbocycles. The molecule has 0 spiro atoms. The first kappa shape index (κ1) is 26.1. The van der Waals surface area contributed by atoms with Gasteiger partial charge in [0.15, 0.2) is 5.78 Å². The molecule has 0 unspecified atom stereocenters. The summed E-state index contributed by atoms with van der Waals surface area (Å²) in [6.45, 7) is 3.38. The highest BCUT2D eigenvalue weighted by Crippen LogP contribution is 2.28. The standard InChI is InChI=1S/C29H29NO4S/c1-3-4-5-9-12-27(30-34-21(2)31)29(33)24-15-19-26(20-16-24)35-25-17-13-23(14-18-25)28(32)22-10-7-6-8-11-22/h6-8,10-11,13-20H,3-5,9,12H2,1-2H3/b30-27-. The van der Waals surface area contributed by atoms with Gasteiger partial charge in [0.05, 0.1) is 0 Å². The lowest BCUT2D eigenvalue weighted by Gasteiger charge is -2.07. The smallest absolute Gasteiger partial charge is 0.318 e. The molecule has 0 fully saturated rings. The van der Waals surface area contributed by atoms with Gasteiger partial charge in [-0.05, 0) is 61.4 Å². The summed E-state index contributed by atoms with van der Waals surface area (Å²) in [6.07, 6.45) is 4.46. The Kier molecular flexibility index (Phi) is 9.99. The van der Waals surface area contributed by atoms with Crippen molar-refractivity contribution in [3.8, 4) is 0 Å². The molecule has 0 atom stereocenters. The molecule has 180 valence electrons. The number of benzene rings is 3. The molecular formula is C29H29NO4S. The van der Waals surface area contributed by atoms with Crippen LogP contribution in [0.4, 0.5) is 0 Å². The van der Waals surface area contributed by atoms with Crippen LogP contribution < -0.4 is 0 Å². The number of nitrogens with zero attached hydrogens (tertiary/aromatic N) is 1. The molecule has 0 bridgehead atoms. The minimum atomic E-state index is -0.549. The number of unbranched alkanes of at least 4 members (excludes halogenated alkanes) is 3. The summed E-state index contributed by atoms with van der Waals surface area (Å²) in [4.78, 5) is 43.4. The second kappa shape index (κ2) is 13.4. The molecule has 0 radical (unpaired) electrons. The molecule has 0 amide bonds. The van der Waals surface area contributed by atoms with Crippen molar-refractivity contribution in [1.29, 1.82) is 0 Å². The molecule has 6 heteroatoms. The van der Waals surface area contributed by atoms with Gasteiger partial charge in [-0.25, -0.2) is 4.79 Å². The fourth-order valence-electron chi connectivity index (χ4n) is 3.45. The van der Waals surface area contributed by atoms with Crippen LogP contribution in [0.25, 0.3) is 0 Å². The summed E-state index contributed by atoms with van der Waals surface area (Å²) in [6, 6.07) is 24.0. The van der Waals surface area contributed by atoms with Gasteiger partial charge in [-0.3, -0.25) is 9.59 Å². The van der Waals surface area contributed by atoms with Crippen molar-refractivity contribution in [3.63, 3.8) is 0 Å². The molecular weight excluding hydrogens is 458 g/mol. The fraction of sp³-hybridized carbons (Fsp3) is 0.241. The van der Waals surface area contributed by atoms with Crippen LogP contribution in [0.3, 0.4) is 0 Å². The van der Waals surface area contributed by atoms with Crippen LogP contribution >= 0.6 is 11.8 Å². The van der Waals surface area contributed by atoms with Crippen LogP contribution in [0, 0.1) is 0 Å². The van der Waals surface area contributed by atoms with Crippen LogP contribution in [0.2, 0.25) is 0 Å². The molecule has 35 heavy (non-hydrogen) atoms. The molecule has 3 aromatic rings. The zero-order valence-corrected chi connectivity index (χ0v) is 20.8. The molecule has 0 heterocycles. The van der Waals surface area contributed by atoms with Crippen molar-refractivity contribution >= 4 is 35.0 Å². The number of carbonyl (C=O) groups excluding carboxylic acids is 3. The Morgan fingerprint density at radius 1 is 0.743 bits per heavy atom. The zero-order valence-electron chi connectivity index (χ0n) is 20.0. The predicted octanol–water partition coefficient (Wildman–Crippen LogP) is 7.14. The molecule has 0 aliphatic carbocycles. The van der Waals surface area contributed by atoms with Gasteiger partial charge < -0.3 is 4.84 Å². The van der Waals surface area contributed by atoms with E-state index in [4.69, 9.17) is 4.84 Å². The van der Waals surface area contributed by atoms with E-state index in [1.54, 1.807) is 36.0 Å². The number of oxime groups is 1. The summed E-state index contributed by atoms with van der Waals surface area (Å²) in [5.74, 6) is -0.791. The molecule has 5 nitrogen and oxygen atoms in total. The van der Waals surface area contributed by atoms with E-state index in [1.807, 2.05) is 54.6 Å². The van der Waals surface area contributed by atoms with Crippen LogP contribution in [0.1, 0.15) is 72.2 Å². The Morgan fingerprint density at radius 3 is 1.89 bits per heavy atom. The summed E-state index contributed by atoms with van der Waals surface area (Å²) in [5.41, 5.74) is 2.06. The van der Waals surface area contributed by atoms with Crippen molar-refractivity contribution in [1.82, 2.24) is 0 Å². The first-order valence-corrected chi connectivity index (χ1v) is 12.6. The minimum Gasteiger partial charge on any atom is -0.318 e. The predicted molar refractivity (Wildman–Crippen MR) is 139 cm³/mol. The van der Waals surface area contributed by atoms with E-state index in [0.717, 1.165) is 35.5 Å². The maximum atomic E-state index is 12.9. The van der Waals surface area contributed by atoms with Gasteiger partial charge in [0, 0.05) is 33.4 Å². The van der Waals surface area contributed by atoms with Gasteiger partial charge in [-0.15, -0.1) is 0 Å². The first-order chi connectivity index (χ1) is 17.0. The van der Waals surface area contributed by atoms with Crippen LogP contribution in [0.15, 0.2) is 93.8 Å². The number of carbonyl (C=O) groups is 3. The van der Waals surface area contributed by atoms with Crippen molar-refractivity contribution < 1.29 is 19.2 Å². The van der Waals surface area contributed by atoms with Crippen LogP contribution in [-0.4, -0.2) is 23.2 Å². The second-order valence-corrected chi connectivity index (χ2v) is 9.25. The van der Waals surface area contributed by atoms with Crippen LogP contribution in [0.5, 0.6) is 0 Å². The van der Waals surface area contributed by atoms with Gasteiger partial charge >= 0.3 is 5.97 Å². The topological polar surface area (TPSA) is 72.8 Å². The number of ketones is 2. The third-order valence-electron chi connectivity index (χ3n) is 5.32. The highest BCUT2D eigenvalue weighted by atomic mass is 32.2. The third-order valence-corrected chi connectivity index (χ3v) is 6.33. The van der Waals surface area contributed by atoms with E-state index in [0.29, 0.717) is 23.1 Å². The first-order valence-electron chi connectivity index (χ1n) is 11.7. The van der Waals surface area contributed by atoms with E-state index in [2.05, 4.69) is 12.1 Å². The minimum absolute atomic E-state index is 0.00840. The maximum Gasteiger partial charge on any atom is 0.331 e. The van der Waals surface area contributed by atoms with Gasteiger partial charge in [-0.2, -0.15) is 0 Å². The summed E-state index contributed by atoms with van der Waals surface area (Å²) in [7, 11) is 0. The van der Waals surface area contributed by atoms with Crippen LogP contribution in [-0.2, 0) is 9.63 Å². The summed E-state index contributed by atoms with van der Waals surface area (Å²) in [5, 5.41) is 3.82. The molecule has 3 aromatic carbocycles. The van der Waals surface area contributed by atoms with Crippen molar-refractivity contribution in [2.24, 2.45) is 5.16 Å². The number of Topliss-reactive ketones (excluding diaryl/α,β-unsaturated/α-hetero) is 1. The van der Waals surface area contributed by atoms with Crippen molar-refractivity contribution in [3.05, 3.63) is 95.6 Å². The molecule has 0 N–H and O–H groups in total. The third kappa shape index (κ3) is 8.04. The van der Waals surface area contributed by atoms with Crippen molar-refractivity contribution in [2.45, 2.75) is 55.7 Å². The molecule has 0 saturated heterocycles. The van der Waals surface area contributed by atoms with Gasteiger partial charge in [-0.1, -0.05) is 73.4 Å². The quantitative estimate of drug-likeness (QED) is 0.0892. The molecule has 3 rings (SSSR count). The van der Waals surface area contributed by atoms with E-state index < -0.39 is 5.97 Å². The van der Waals surface area contributed by atoms with E-state index in [1.165, 1.54) is 6.92 Å². The number of rotatable bonds is 12. The fourth-order valence-corrected chi connectivity index (χ4v) is 4.26.